The van der Waals surface area contributed by atoms with Crippen LogP contribution in [-0.4, -0.2) is 14.8 Å². The third-order valence-electron chi connectivity index (χ3n) is 3.27. The average Bonchev–Trinajstić information content (AvgIpc) is 3.12. The quantitative estimate of drug-likeness (QED) is 0.435. The lowest BCUT2D eigenvalue weighted by atomic mass is 10.2. The molecule has 0 radical (unpaired) electrons. The number of nitrogens with zero attached hydrogens (tertiary/aromatic N) is 3. The monoisotopic (exact) mass is 389 g/mol. The highest BCUT2D eigenvalue weighted by atomic mass is 79.9. The van der Waals surface area contributed by atoms with E-state index >= 15 is 0 Å². The molecule has 0 amide bonds. The maximum atomic E-state index is 5.60. The Morgan fingerprint density at radius 1 is 1.30 bits per heavy atom. The van der Waals surface area contributed by atoms with Crippen molar-refractivity contribution in [1.29, 1.82) is 0 Å². The third-order valence-corrected chi connectivity index (χ3v) is 4.74. The van der Waals surface area contributed by atoms with Crippen LogP contribution in [0, 0.1) is 6.92 Å². The lowest BCUT2D eigenvalue weighted by molar-refractivity contribution is 0.545. The summed E-state index contributed by atoms with van der Waals surface area (Å²) in [6.45, 7) is 6.56. The molecule has 118 valence electrons. The van der Waals surface area contributed by atoms with Crippen LogP contribution >= 0.6 is 27.7 Å². The van der Waals surface area contributed by atoms with Crippen LogP contribution < -0.4 is 0 Å². The van der Waals surface area contributed by atoms with E-state index in [1.54, 1.807) is 11.8 Å². The van der Waals surface area contributed by atoms with Gasteiger partial charge in [-0.3, -0.25) is 4.57 Å². The lowest BCUT2D eigenvalue weighted by Gasteiger charge is -2.06. The number of allylic oxidation sites excluding steroid dienone is 1. The number of hydrogen-bond acceptors (Lipinski definition) is 4. The zero-order valence-electron chi connectivity index (χ0n) is 12.7. The van der Waals surface area contributed by atoms with E-state index in [-0.39, 0.29) is 0 Å². The van der Waals surface area contributed by atoms with E-state index < -0.39 is 0 Å². The Labute approximate surface area is 147 Å². The van der Waals surface area contributed by atoms with Crippen molar-refractivity contribution in [2.75, 3.05) is 0 Å². The maximum Gasteiger partial charge on any atom is 0.200 e. The fraction of sp³-hybridized carbons (Fsp3) is 0.176. The van der Waals surface area contributed by atoms with E-state index in [0.717, 1.165) is 10.9 Å². The third kappa shape index (κ3) is 3.76. The fourth-order valence-electron chi connectivity index (χ4n) is 2.26. The normalized spacial score (nSPS) is 10.9. The molecule has 0 spiro atoms. The molecule has 2 aromatic heterocycles. The van der Waals surface area contributed by atoms with Gasteiger partial charge in [-0.2, -0.15) is 0 Å². The summed E-state index contributed by atoms with van der Waals surface area (Å²) in [4.78, 5) is 0. The van der Waals surface area contributed by atoms with Gasteiger partial charge in [-0.25, -0.2) is 0 Å². The van der Waals surface area contributed by atoms with E-state index in [2.05, 4.69) is 63.9 Å². The molecule has 0 fully saturated rings. The first-order chi connectivity index (χ1) is 11.2. The summed E-state index contributed by atoms with van der Waals surface area (Å²) in [5.74, 6) is 2.25. The van der Waals surface area contributed by atoms with Gasteiger partial charge in [0.2, 0.25) is 5.82 Å². The first kappa shape index (κ1) is 16.1. The van der Waals surface area contributed by atoms with Gasteiger partial charge in [-0.1, -0.05) is 47.7 Å². The minimum absolute atomic E-state index is 0.636. The Hall–Kier alpha value is -1.79. The molecule has 0 atom stereocenters. The van der Waals surface area contributed by atoms with Crippen molar-refractivity contribution in [2.45, 2.75) is 24.4 Å². The van der Waals surface area contributed by atoms with Crippen LogP contribution in [0.25, 0.3) is 11.6 Å². The van der Waals surface area contributed by atoms with Crippen LogP contribution in [0.2, 0.25) is 0 Å². The SMILES string of the molecule is C=CCn1c(SCc2cccc(C)c2)nnc1-c1ccc(Br)o1. The molecule has 0 bridgehead atoms. The maximum absolute atomic E-state index is 5.60. The Morgan fingerprint density at radius 2 is 2.17 bits per heavy atom. The zero-order chi connectivity index (χ0) is 16.2. The molecule has 0 aliphatic heterocycles. The van der Waals surface area contributed by atoms with Gasteiger partial charge >= 0.3 is 0 Å². The van der Waals surface area contributed by atoms with Gasteiger partial charge in [-0.05, 0) is 40.5 Å². The topological polar surface area (TPSA) is 43.9 Å². The molecular formula is C17H16BrN3OS. The van der Waals surface area contributed by atoms with E-state index in [1.807, 2.05) is 22.8 Å². The van der Waals surface area contributed by atoms with Gasteiger partial charge in [-0.15, -0.1) is 16.8 Å². The Morgan fingerprint density at radius 3 is 2.87 bits per heavy atom. The molecule has 0 saturated carbocycles. The standard InChI is InChI=1S/C17H16BrN3OS/c1-3-9-21-16(14-7-8-15(18)22-14)19-20-17(21)23-11-13-6-4-5-12(2)10-13/h3-8,10H,1,9,11H2,2H3. The van der Waals surface area contributed by atoms with Crippen LogP contribution in [0.3, 0.4) is 0 Å². The van der Waals surface area contributed by atoms with Gasteiger partial charge < -0.3 is 4.42 Å². The summed E-state index contributed by atoms with van der Waals surface area (Å²) in [5.41, 5.74) is 2.53. The molecular weight excluding hydrogens is 374 g/mol. The smallest absolute Gasteiger partial charge is 0.200 e. The number of thioether (sulfide) groups is 1. The number of furan rings is 1. The van der Waals surface area contributed by atoms with Crippen LogP contribution in [0.5, 0.6) is 0 Å². The molecule has 23 heavy (non-hydrogen) atoms. The number of aromatic nitrogens is 3. The summed E-state index contributed by atoms with van der Waals surface area (Å²) < 4.78 is 8.29. The Balaban J connectivity index is 1.84. The van der Waals surface area contributed by atoms with Gasteiger partial charge in [0, 0.05) is 12.3 Å². The van der Waals surface area contributed by atoms with Gasteiger partial charge in [0.05, 0.1) is 0 Å². The number of hydrogen-bond donors (Lipinski definition) is 0. The highest BCUT2D eigenvalue weighted by molar-refractivity contribution is 9.10. The Bertz CT molecular complexity index is 825. The van der Waals surface area contributed by atoms with E-state index in [9.17, 15) is 0 Å². The minimum Gasteiger partial charge on any atom is -0.446 e. The molecule has 0 unspecified atom stereocenters. The van der Waals surface area contributed by atoms with E-state index in [1.165, 1.54) is 11.1 Å². The van der Waals surface area contributed by atoms with Crippen molar-refractivity contribution < 1.29 is 4.42 Å². The first-order valence-electron chi connectivity index (χ1n) is 7.15. The summed E-state index contributed by atoms with van der Waals surface area (Å²) in [6, 6.07) is 12.2. The van der Waals surface area contributed by atoms with Crippen molar-refractivity contribution in [3.8, 4) is 11.6 Å². The molecule has 3 rings (SSSR count). The summed E-state index contributed by atoms with van der Waals surface area (Å²) >= 11 is 4.98. The zero-order valence-corrected chi connectivity index (χ0v) is 15.1. The Kier molecular flexibility index (Phi) is 5.03. The minimum atomic E-state index is 0.636. The lowest BCUT2D eigenvalue weighted by Crippen LogP contribution is -2.00. The van der Waals surface area contributed by atoms with E-state index in [0.29, 0.717) is 22.8 Å². The number of aryl methyl sites for hydroxylation is 1. The van der Waals surface area contributed by atoms with Crippen LogP contribution in [0.15, 0.2) is 63.3 Å². The molecule has 4 nitrogen and oxygen atoms in total. The average molecular weight is 390 g/mol. The first-order valence-corrected chi connectivity index (χ1v) is 8.93. The highest BCUT2D eigenvalue weighted by Crippen LogP contribution is 2.28. The predicted octanol–water partition coefficient (Wildman–Crippen LogP) is 5.09. The molecule has 1 aromatic carbocycles. The molecule has 6 heteroatoms. The number of rotatable bonds is 6. The van der Waals surface area contributed by atoms with Gasteiger partial charge in [0.25, 0.3) is 0 Å². The van der Waals surface area contributed by atoms with Crippen molar-refractivity contribution >= 4 is 27.7 Å². The summed E-state index contributed by atoms with van der Waals surface area (Å²) in [7, 11) is 0. The van der Waals surface area contributed by atoms with Crippen LogP contribution in [-0.2, 0) is 12.3 Å². The van der Waals surface area contributed by atoms with Gasteiger partial charge in [0.1, 0.15) is 0 Å². The molecule has 2 heterocycles. The van der Waals surface area contributed by atoms with Crippen LogP contribution in [0.1, 0.15) is 11.1 Å². The second-order valence-corrected chi connectivity index (χ2v) is 6.81. The highest BCUT2D eigenvalue weighted by Gasteiger charge is 2.16. The number of benzene rings is 1. The van der Waals surface area contributed by atoms with Crippen molar-refractivity contribution in [3.05, 3.63) is 64.8 Å². The van der Waals surface area contributed by atoms with Crippen molar-refractivity contribution in [3.63, 3.8) is 0 Å². The van der Waals surface area contributed by atoms with Gasteiger partial charge in [0.15, 0.2) is 15.6 Å². The van der Waals surface area contributed by atoms with Crippen molar-refractivity contribution in [1.82, 2.24) is 14.8 Å². The largest absolute Gasteiger partial charge is 0.446 e. The molecule has 0 N–H and O–H groups in total. The predicted molar refractivity (Wildman–Crippen MR) is 96.4 cm³/mol. The van der Waals surface area contributed by atoms with Crippen molar-refractivity contribution in [2.24, 2.45) is 0 Å². The molecule has 0 aliphatic carbocycles. The summed E-state index contributed by atoms with van der Waals surface area (Å²) in [6.07, 6.45) is 1.83. The number of halogens is 1. The van der Waals surface area contributed by atoms with Crippen LogP contribution in [0.4, 0.5) is 0 Å². The molecule has 0 saturated heterocycles. The second-order valence-electron chi connectivity index (χ2n) is 5.09. The molecule has 0 aliphatic rings. The fourth-order valence-corrected chi connectivity index (χ4v) is 3.45. The summed E-state index contributed by atoms with van der Waals surface area (Å²) in [5, 5.41) is 9.44. The second kappa shape index (κ2) is 7.19. The van der Waals surface area contributed by atoms with E-state index in [4.69, 9.17) is 4.42 Å². The molecule has 3 aromatic rings.